The Labute approximate surface area is 192 Å². The number of hydrogen-bond acceptors (Lipinski definition) is 6. The highest BCUT2D eigenvalue weighted by atomic mass is 35.5. The SMILES string of the molecule is CCCCOc1nc(-c2ccc(OC)c(Cl)c2)c(NS(=O)(=O)c2ccccc2)cc1C#N. The third kappa shape index (κ3) is 5.31. The first kappa shape index (κ1) is 23.4. The number of pyridine rings is 1. The number of hydrogen-bond donors (Lipinski definition) is 1. The molecule has 2 aromatic carbocycles. The van der Waals surface area contributed by atoms with E-state index in [9.17, 15) is 13.7 Å². The van der Waals surface area contributed by atoms with Crippen molar-refractivity contribution in [2.45, 2.75) is 24.7 Å². The number of nitrogens with zero attached hydrogens (tertiary/aromatic N) is 2. The Morgan fingerprint density at radius 2 is 1.91 bits per heavy atom. The fourth-order valence-corrected chi connectivity index (χ4v) is 4.25. The topological polar surface area (TPSA) is 101 Å². The van der Waals surface area contributed by atoms with Crippen LogP contribution in [0, 0.1) is 11.3 Å². The third-order valence-electron chi connectivity index (χ3n) is 4.57. The molecular formula is C23H22ClN3O4S. The van der Waals surface area contributed by atoms with Gasteiger partial charge in [0.25, 0.3) is 10.0 Å². The maximum atomic E-state index is 12.9. The highest BCUT2D eigenvalue weighted by Gasteiger charge is 2.21. The Morgan fingerprint density at radius 1 is 1.16 bits per heavy atom. The van der Waals surface area contributed by atoms with Gasteiger partial charge in [0.2, 0.25) is 5.88 Å². The maximum absolute atomic E-state index is 12.9. The number of nitriles is 1. The van der Waals surface area contributed by atoms with Crippen LogP contribution in [0.4, 0.5) is 5.69 Å². The van der Waals surface area contributed by atoms with E-state index in [0.717, 1.165) is 12.8 Å². The molecule has 0 amide bonds. The average molecular weight is 472 g/mol. The fourth-order valence-electron chi connectivity index (χ4n) is 2.91. The highest BCUT2D eigenvalue weighted by molar-refractivity contribution is 7.92. The zero-order valence-electron chi connectivity index (χ0n) is 17.6. The number of anilines is 1. The molecule has 32 heavy (non-hydrogen) atoms. The second-order valence-corrected chi connectivity index (χ2v) is 8.91. The lowest BCUT2D eigenvalue weighted by molar-refractivity contribution is 0.297. The van der Waals surface area contributed by atoms with Crippen LogP contribution in [-0.2, 0) is 10.0 Å². The molecule has 0 unspecified atom stereocenters. The van der Waals surface area contributed by atoms with Crippen molar-refractivity contribution in [3.05, 3.63) is 65.2 Å². The van der Waals surface area contributed by atoms with E-state index < -0.39 is 10.0 Å². The summed E-state index contributed by atoms with van der Waals surface area (Å²) in [4.78, 5) is 4.57. The molecule has 3 rings (SSSR count). The monoisotopic (exact) mass is 471 g/mol. The second kappa shape index (κ2) is 10.4. The van der Waals surface area contributed by atoms with Crippen molar-refractivity contribution < 1.29 is 17.9 Å². The summed E-state index contributed by atoms with van der Waals surface area (Å²) in [5.41, 5.74) is 1.07. The van der Waals surface area contributed by atoms with E-state index in [0.29, 0.717) is 22.9 Å². The van der Waals surface area contributed by atoms with Crippen molar-refractivity contribution in [3.8, 4) is 29.0 Å². The molecule has 0 aliphatic rings. The summed E-state index contributed by atoms with van der Waals surface area (Å²) in [6.07, 6.45) is 1.70. The minimum atomic E-state index is -3.92. The standard InChI is InChI=1S/C23H22ClN3O4S/c1-3-4-12-31-23-17(15-25)14-20(27-32(28,29)18-8-6-5-7-9-18)22(26-23)16-10-11-21(30-2)19(24)13-16/h5-11,13-14,27H,3-4,12H2,1-2H3. The van der Waals surface area contributed by atoms with E-state index in [2.05, 4.69) is 9.71 Å². The first-order valence-corrected chi connectivity index (χ1v) is 11.8. The van der Waals surface area contributed by atoms with Gasteiger partial charge in [-0.05, 0) is 42.8 Å². The van der Waals surface area contributed by atoms with Crippen LogP contribution in [0.15, 0.2) is 59.5 Å². The van der Waals surface area contributed by atoms with Crippen LogP contribution in [0.25, 0.3) is 11.3 Å². The molecule has 0 spiro atoms. The molecule has 0 atom stereocenters. The van der Waals surface area contributed by atoms with Crippen molar-refractivity contribution in [2.75, 3.05) is 18.4 Å². The number of ether oxygens (including phenoxy) is 2. The van der Waals surface area contributed by atoms with Crippen LogP contribution in [-0.4, -0.2) is 27.1 Å². The Bertz CT molecular complexity index is 1240. The number of benzene rings is 2. The zero-order valence-corrected chi connectivity index (χ0v) is 19.2. The van der Waals surface area contributed by atoms with Crippen molar-refractivity contribution >= 4 is 27.3 Å². The van der Waals surface area contributed by atoms with Crippen LogP contribution in [0.3, 0.4) is 0 Å². The summed E-state index contributed by atoms with van der Waals surface area (Å²) >= 11 is 6.29. The Morgan fingerprint density at radius 3 is 2.53 bits per heavy atom. The molecule has 1 aromatic heterocycles. The summed E-state index contributed by atoms with van der Waals surface area (Å²) in [5, 5.41) is 9.94. The van der Waals surface area contributed by atoms with Gasteiger partial charge in [-0.3, -0.25) is 4.72 Å². The molecule has 1 N–H and O–H groups in total. The summed E-state index contributed by atoms with van der Waals surface area (Å²) < 4.78 is 39.4. The van der Waals surface area contributed by atoms with Gasteiger partial charge in [0.1, 0.15) is 17.4 Å². The highest BCUT2D eigenvalue weighted by Crippen LogP contribution is 2.36. The minimum absolute atomic E-state index is 0.0838. The molecule has 166 valence electrons. The zero-order chi connectivity index (χ0) is 23.1. The lowest BCUT2D eigenvalue weighted by Gasteiger charge is -2.16. The normalized spacial score (nSPS) is 10.9. The quantitative estimate of drug-likeness (QED) is 0.427. The minimum Gasteiger partial charge on any atom is -0.495 e. The van der Waals surface area contributed by atoms with Gasteiger partial charge in [-0.1, -0.05) is 43.1 Å². The number of nitrogens with one attached hydrogen (secondary N) is 1. The summed E-state index contributed by atoms with van der Waals surface area (Å²) in [6.45, 7) is 2.41. The summed E-state index contributed by atoms with van der Waals surface area (Å²) in [7, 11) is -2.42. The van der Waals surface area contributed by atoms with Crippen molar-refractivity contribution in [3.63, 3.8) is 0 Å². The fraction of sp³-hybridized carbons (Fsp3) is 0.217. The largest absolute Gasteiger partial charge is 0.495 e. The molecule has 3 aromatic rings. The molecule has 0 fully saturated rings. The average Bonchev–Trinajstić information content (AvgIpc) is 2.80. The van der Waals surface area contributed by atoms with E-state index in [1.807, 2.05) is 13.0 Å². The summed E-state index contributed by atoms with van der Waals surface area (Å²) in [6, 6.07) is 16.4. The lowest BCUT2D eigenvalue weighted by atomic mass is 10.1. The predicted molar refractivity (Wildman–Crippen MR) is 124 cm³/mol. The number of unbranched alkanes of at least 4 members (excludes halogenated alkanes) is 1. The van der Waals surface area contributed by atoms with Crippen LogP contribution in [0.5, 0.6) is 11.6 Å². The molecule has 0 bridgehead atoms. The molecule has 0 saturated heterocycles. The van der Waals surface area contributed by atoms with Crippen molar-refractivity contribution in [1.82, 2.24) is 4.98 Å². The van der Waals surface area contributed by atoms with E-state index >= 15 is 0 Å². The van der Waals surface area contributed by atoms with E-state index in [4.69, 9.17) is 21.1 Å². The van der Waals surface area contributed by atoms with Crippen LogP contribution < -0.4 is 14.2 Å². The maximum Gasteiger partial charge on any atom is 0.261 e. The van der Waals surface area contributed by atoms with Crippen LogP contribution in [0.2, 0.25) is 5.02 Å². The summed E-state index contributed by atoms with van der Waals surface area (Å²) in [5.74, 6) is 0.598. The third-order valence-corrected chi connectivity index (χ3v) is 6.24. The van der Waals surface area contributed by atoms with Gasteiger partial charge in [-0.25, -0.2) is 13.4 Å². The Kier molecular flexibility index (Phi) is 7.57. The second-order valence-electron chi connectivity index (χ2n) is 6.82. The number of rotatable bonds is 9. The first-order chi connectivity index (χ1) is 15.4. The van der Waals surface area contributed by atoms with E-state index in [1.165, 1.54) is 25.3 Å². The number of methoxy groups -OCH3 is 1. The van der Waals surface area contributed by atoms with Gasteiger partial charge in [0, 0.05) is 5.56 Å². The van der Waals surface area contributed by atoms with E-state index in [-0.39, 0.29) is 27.7 Å². The van der Waals surface area contributed by atoms with Gasteiger partial charge in [-0.15, -0.1) is 0 Å². The van der Waals surface area contributed by atoms with Gasteiger partial charge in [0.05, 0.1) is 35.0 Å². The van der Waals surface area contributed by atoms with Gasteiger partial charge >= 0.3 is 0 Å². The number of sulfonamides is 1. The van der Waals surface area contributed by atoms with Crippen molar-refractivity contribution in [2.24, 2.45) is 0 Å². The van der Waals surface area contributed by atoms with Crippen LogP contribution >= 0.6 is 11.6 Å². The first-order valence-electron chi connectivity index (χ1n) is 9.89. The lowest BCUT2D eigenvalue weighted by Crippen LogP contribution is -2.14. The number of aromatic nitrogens is 1. The van der Waals surface area contributed by atoms with Gasteiger partial charge in [0.15, 0.2) is 0 Å². The molecule has 0 saturated carbocycles. The van der Waals surface area contributed by atoms with Gasteiger partial charge < -0.3 is 9.47 Å². The molecule has 1 heterocycles. The molecule has 9 heteroatoms. The Hall–Kier alpha value is -3.28. The van der Waals surface area contributed by atoms with Crippen LogP contribution in [0.1, 0.15) is 25.3 Å². The molecule has 0 aliphatic heterocycles. The predicted octanol–water partition coefficient (Wildman–Crippen LogP) is 5.26. The van der Waals surface area contributed by atoms with Crippen molar-refractivity contribution in [1.29, 1.82) is 5.26 Å². The molecule has 0 aliphatic carbocycles. The number of halogens is 1. The molecule has 7 nitrogen and oxygen atoms in total. The molecule has 0 radical (unpaired) electrons. The molecular weight excluding hydrogens is 450 g/mol. The smallest absolute Gasteiger partial charge is 0.261 e. The van der Waals surface area contributed by atoms with Gasteiger partial charge in [-0.2, -0.15) is 5.26 Å². The Balaban J connectivity index is 2.14. The van der Waals surface area contributed by atoms with E-state index in [1.54, 1.807) is 36.4 Å².